The van der Waals surface area contributed by atoms with Crippen molar-refractivity contribution < 1.29 is 4.59 Å². The van der Waals surface area contributed by atoms with Crippen LogP contribution in [0.25, 0.3) is 32.7 Å². The molecule has 0 spiro atoms. The summed E-state index contributed by atoms with van der Waals surface area (Å²) < 4.78 is 0.538. The van der Waals surface area contributed by atoms with E-state index in [4.69, 9.17) is 5.84 Å². The molecule has 0 saturated heterocycles. The monoisotopic (exact) mass is 353 g/mol. The maximum atomic E-state index is 6.96. The van der Waals surface area contributed by atoms with Crippen molar-refractivity contribution in [2.24, 2.45) is 5.84 Å². The Balaban J connectivity index is 1.96. The lowest BCUT2D eigenvalue weighted by Crippen LogP contribution is -2.57. The number of nitrogens with zero attached hydrogens (tertiary/aromatic N) is 1. The Kier molecular flexibility index (Phi) is 3.61. The SMILES string of the molecule is CC(C)[N+]1(N)Cc2ccc3ccccc3c2-c2c(ccc3ccccc23)C1. The predicted molar refractivity (Wildman–Crippen MR) is 114 cm³/mol. The molecule has 4 aromatic carbocycles. The quantitative estimate of drug-likeness (QED) is 0.341. The maximum Gasteiger partial charge on any atom is 0.123 e. The molecule has 0 amide bonds. The third-order valence-corrected chi connectivity index (χ3v) is 6.24. The van der Waals surface area contributed by atoms with Crippen molar-refractivity contribution in [3.63, 3.8) is 0 Å². The molecule has 4 aromatic rings. The summed E-state index contributed by atoms with van der Waals surface area (Å²) in [6, 6.07) is 26.9. The van der Waals surface area contributed by atoms with E-state index in [1.165, 1.54) is 43.8 Å². The van der Waals surface area contributed by atoms with Gasteiger partial charge in [0.15, 0.2) is 0 Å². The van der Waals surface area contributed by atoms with Gasteiger partial charge in [0.1, 0.15) is 19.1 Å². The molecular weight excluding hydrogens is 328 g/mol. The molecule has 5 rings (SSSR count). The second kappa shape index (κ2) is 5.91. The Morgan fingerprint density at radius 3 is 1.56 bits per heavy atom. The van der Waals surface area contributed by atoms with Crippen LogP contribution in [0.4, 0.5) is 0 Å². The summed E-state index contributed by atoms with van der Waals surface area (Å²) in [5, 5.41) is 5.23. The highest BCUT2D eigenvalue weighted by molar-refractivity contribution is 6.07. The van der Waals surface area contributed by atoms with E-state index in [9.17, 15) is 0 Å². The molecule has 27 heavy (non-hydrogen) atoms. The van der Waals surface area contributed by atoms with Crippen LogP contribution in [0.15, 0.2) is 72.8 Å². The molecule has 0 bridgehead atoms. The summed E-state index contributed by atoms with van der Waals surface area (Å²) >= 11 is 0. The van der Waals surface area contributed by atoms with Gasteiger partial charge in [-0.25, -0.2) is 4.59 Å². The van der Waals surface area contributed by atoms with Gasteiger partial charge < -0.3 is 0 Å². The second-order valence-electron chi connectivity index (χ2n) is 8.15. The molecule has 2 N–H and O–H groups in total. The van der Waals surface area contributed by atoms with E-state index < -0.39 is 0 Å². The lowest BCUT2D eigenvalue weighted by molar-refractivity contribution is -0.983. The van der Waals surface area contributed by atoms with Gasteiger partial charge in [-0.05, 0) is 46.5 Å². The topological polar surface area (TPSA) is 26.0 Å². The molecule has 0 saturated carbocycles. The van der Waals surface area contributed by atoms with E-state index in [1.54, 1.807) is 0 Å². The fraction of sp³-hybridized carbons (Fsp3) is 0.200. The van der Waals surface area contributed by atoms with Gasteiger partial charge in [0.05, 0.1) is 0 Å². The predicted octanol–water partition coefficient (Wildman–Crippen LogP) is 5.77. The molecule has 0 aliphatic carbocycles. The smallest absolute Gasteiger partial charge is 0.123 e. The van der Waals surface area contributed by atoms with Crippen molar-refractivity contribution in [1.29, 1.82) is 0 Å². The van der Waals surface area contributed by atoms with Crippen LogP contribution in [-0.2, 0) is 13.1 Å². The Hall–Kier alpha value is -2.68. The zero-order valence-electron chi connectivity index (χ0n) is 15.9. The van der Waals surface area contributed by atoms with Crippen molar-refractivity contribution in [2.75, 3.05) is 0 Å². The molecule has 1 aliphatic rings. The van der Waals surface area contributed by atoms with Crippen molar-refractivity contribution in [3.8, 4) is 11.1 Å². The van der Waals surface area contributed by atoms with Crippen molar-refractivity contribution in [1.82, 2.24) is 0 Å². The van der Waals surface area contributed by atoms with E-state index in [0.717, 1.165) is 13.1 Å². The molecule has 0 atom stereocenters. The zero-order chi connectivity index (χ0) is 18.6. The number of nitrogens with two attached hydrogens (primary N) is 1. The number of quaternary nitrogens is 1. The van der Waals surface area contributed by atoms with Crippen LogP contribution in [0.5, 0.6) is 0 Å². The Labute approximate surface area is 160 Å². The van der Waals surface area contributed by atoms with E-state index in [2.05, 4.69) is 86.6 Å². The number of rotatable bonds is 1. The number of fused-ring (bicyclic) bond motifs is 7. The minimum Gasteiger partial charge on any atom is -0.239 e. The molecule has 134 valence electrons. The van der Waals surface area contributed by atoms with Crippen LogP contribution in [0.1, 0.15) is 25.0 Å². The van der Waals surface area contributed by atoms with Gasteiger partial charge in [-0.1, -0.05) is 72.8 Å². The van der Waals surface area contributed by atoms with E-state index in [0.29, 0.717) is 10.6 Å². The highest BCUT2D eigenvalue weighted by Gasteiger charge is 2.34. The van der Waals surface area contributed by atoms with Crippen LogP contribution >= 0.6 is 0 Å². The van der Waals surface area contributed by atoms with Gasteiger partial charge in [-0.15, -0.1) is 0 Å². The third-order valence-electron chi connectivity index (χ3n) is 6.24. The first-order chi connectivity index (χ1) is 13.1. The molecule has 2 nitrogen and oxygen atoms in total. The molecule has 2 heteroatoms. The van der Waals surface area contributed by atoms with Crippen molar-refractivity contribution in [2.45, 2.75) is 33.0 Å². The first kappa shape index (κ1) is 16.5. The first-order valence-corrected chi connectivity index (χ1v) is 9.74. The Morgan fingerprint density at radius 1 is 0.667 bits per heavy atom. The average Bonchev–Trinajstić information content (AvgIpc) is 2.82. The molecule has 0 fully saturated rings. The summed E-state index contributed by atoms with van der Waals surface area (Å²) in [5.74, 6) is 6.96. The van der Waals surface area contributed by atoms with Gasteiger partial charge in [-0.2, -0.15) is 5.84 Å². The number of hydrogen-bond donors (Lipinski definition) is 1. The van der Waals surface area contributed by atoms with Gasteiger partial charge in [-0.3, -0.25) is 0 Å². The largest absolute Gasteiger partial charge is 0.239 e. The average molecular weight is 353 g/mol. The van der Waals surface area contributed by atoms with Crippen LogP contribution in [0, 0.1) is 0 Å². The summed E-state index contributed by atoms with van der Waals surface area (Å²) in [7, 11) is 0. The van der Waals surface area contributed by atoms with Crippen LogP contribution < -0.4 is 5.84 Å². The van der Waals surface area contributed by atoms with E-state index in [1.807, 2.05) is 0 Å². The first-order valence-electron chi connectivity index (χ1n) is 9.74. The number of benzene rings is 4. The van der Waals surface area contributed by atoms with E-state index in [-0.39, 0.29) is 0 Å². The van der Waals surface area contributed by atoms with Crippen LogP contribution in [-0.4, -0.2) is 10.6 Å². The maximum absolute atomic E-state index is 6.96. The van der Waals surface area contributed by atoms with Gasteiger partial charge >= 0.3 is 0 Å². The summed E-state index contributed by atoms with van der Waals surface area (Å²) in [5.41, 5.74) is 5.43. The van der Waals surface area contributed by atoms with Gasteiger partial charge in [0.2, 0.25) is 0 Å². The van der Waals surface area contributed by atoms with E-state index >= 15 is 0 Å². The summed E-state index contributed by atoms with van der Waals surface area (Å²) in [4.78, 5) is 0. The number of hydrogen-bond acceptors (Lipinski definition) is 1. The molecule has 1 aliphatic heterocycles. The molecule has 1 heterocycles. The highest BCUT2D eigenvalue weighted by atomic mass is 15.6. The Morgan fingerprint density at radius 2 is 1.11 bits per heavy atom. The Bertz CT molecular complexity index is 1090. The fourth-order valence-corrected chi connectivity index (χ4v) is 4.54. The normalized spacial score (nSPS) is 15.6. The summed E-state index contributed by atoms with van der Waals surface area (Å²) in [6.07, 6.45) is 0. The zero-order valence-corrected chi connectivity index (χ0v) is 15.9. The van der Waals surface area contributed by atoms with Crippen molar-refractivity contribution >= 4 is 21.5 Å². The molecule has 0 radical (unpaired) electrons. The standard InChI is InChI=1S/C25H25N2/c1-17(2)27(26)15-20-13-11-18-7-3-5-9-22(18)24(20)25-21(16-27)14-12-19-8-4-6-10-23(19)25/h3-14,17H,15-16,26H2,1-2H3/q+1. The fourth-order valence-electron chi connectivity index (χ4n) is 4.54. The molecular formula is C25H25N2+. The molecule has 0 unspecified atom stereocenters. The second-order valence-corrected chi connectivity index (χ2v) is 8.15. The van der Waals surface area contributed by atoms with Crippen LogP contribution in [0.3, 0.4) is 0 Å². The lowest BCUT2D eigenvalue weighted by atomic mass is 9.88. The van der Waals surface area contributed by atoms with Gasteiger partial charge in [0.25, 0.3) is 0 Å². The summed E-state index contributed by atoms with van der Waals surface area (Å²) in [6.45, 7) is 6.15. The minimum absolute atomic E-state index is 0.349. The highest BCUT2D eigenvalue weighted by Crippen LogP contribution is 2.43. The van der Waals surface area contributed by atoms with Gasteiger partial charge in [0, 0.05) is 11.1 Å². The third kappa shape index (κ3) is 2.48. The molecule has 0 aromatic heterocycles. The van der Waals surface area contributed by atoms with Crippen LogP contribution in [0.2, 0.25) is 0 Å². The lowest BCUT2D eigenvalue weighted by Gasteiger charge is -2.36. The van der Waals surface area contributed by atoms with Crippen molar-refractivity contribution in [3.05, 3.63) is 83.9 Å². The minimum atomic E-state index is 0.349.